The molecule has 1 N–H and O–H groups in total. The maximum absolute atomic E-state index is 13.6. The van der Waals surface area contributed by atoms with Gasteiger partial charge >= 0.3 is 0 Å². The molecule has 1 aromatic heterocycles. The Bertz CT molecular complexity index is 1100. The van der Waals surface area contributed by atoms with Gasteiger partial charge in [0.05, 0.1) is 14.9 Å². The fraction of sp³-hybridized carbons (Fsp3) is 0.176. The van der Waals surface area contributed by atoms with Crippen LogP contribution < -0.4 is 0 Å². The Morgan fingerprint density at radius 3 is 2.64 bits per heavy atom. The van der Waals surface area contributed by atoms with Crippen LogP contribution >= 0.6 is 23.2 Å². The standard InChI is InChI=1S/C17H13Cl2FN2O2S/c18-14-3-2-11(8-15(14)19)25(23,24)22-6-5-17-13(9-22)12-7-10(20)1-4-16(12)21-17/h1-4,7-8,21H,5-6,9H2. The molecular formula is C17H13Cl2FN2O2S. The third-order valence-corrected chi connectivity index (χ3v) is 7.01. The van der Waals surface area contributed by atoms with Gasteiger partial charge in [-0.3, -0.25) is 0 Å². The van der Waals surface area contributed by atoms with E-state index in [-0.39, 0.29) is 22.3 Å². The number of halogens is 3. The maximum Gasteiger partial charge on any atom is 0.243 e. The lowest BCUT2D eigenvalue weighted by Crippen LogP contribution is -2.35. The van der Waals surface area contributed by atoms with Gasteiger partial charge in [-0.05, 0) is 42.0 Å². The summed E-state index contributed by atoms with van der Waals surface area (Å²) in [6, 6.07) is 8.74. The minimum atomic E-state index is -3.72. The first-order valence-electron chi connectivity index (χ1n) is 7.60. The van der Waals surface area contributed by atoms with Gasteiger partial charge in [0.1, 0.15) is 5.82 Å². The smallest absolute Gasteiger partial charge is 0.243 e. The summed E-state index contributed by atoms with van der Waals surface area (Å²) in [5.41, 5.74) is 2.56. The van der Waals surface area contributed by atoms with E-state index in [4.69, 9.17) is 23.2 Å². The van der Waals surface area contributed by atoms with Crippen LogP contribution in [0.15, 0.2) is 41.3 Å². The van der Waals surface area contributed by atoms with E-state index in [1.165, 1.54) is 34.6 Å². The Kier molecular flexibility index (Phi) is 4.03. The van der Waals surface area contributed by atoms with Gasteiger partial charge in [-0.25, -0.2) is 12.8 Å². The molecule has 0 amide bonds. The van der Waals surface area contributed by atoms with Crippen molar-refractivity contribution in [3.05, 3.63) is 63.5 Å². The van der Waals surface area contributed by atoms with E-state index in [0.29, 0.717) is 23.4 Å². The van der Waals surface area contributed by atoms with Gasteiger partial charge in [0, 0.05) is 36.1 Å². The lowest BCUT2D eigenvalue weighted by Gasteiger charge is -2.26. The molecule has 1 aliphatic rings. The van der Waals surface area contributed by atoms with Crippen LogP contribution in [0.3, 0.4) is 0 Å². The molecule has 0 radical (unpaired) electrons. The summed E-state index contributed by atoms with van der Waals surface area (Å²) in [6.45, 7) is 0.520. The van der Waals surface area contributed by atoms with Gasteiger partial charge in [-0.2, -0.15) is 4.31 Å². The van der Waals surface area contributed by atoms with Gasteiger partial charge in [0.2, 0.25) is 10.0 Å². The van der Waals surface area contributed by atoms with Crippen LogP contribution in [0.5, 0.6) is 0 Å². The van der Waals surface area contributed by atoms with Crippen molar-refractivity contribution in [1.29, 1.82) is 0 Å². The van der Waals surface area contributed by atoms with Crippen molar-refractivity contribution in [3.63, 3.8) is 0 Å². The molecule has 4 rings (SSSR count). The number of aromatic amines is 1. The number of fused-ring (bicyclic) bond motifs is 3. The van der Waals surface area contributed by atoms with Crippen LogP contribution in [0.4, 0.5) is 4.39 Å². The molecule has 0 aliphatic carbocycles. The molecule has 0 atom stereocenters. The molecule has 2 aromatic carbocycles. The Morgan fingerprint density at radius 2 is 1.88 bits per heavy atom. The van der Waals surface area contributed by atoms with Crippen molar-refractivity contribution in [2.45, 2.75) is 17.9 Å². The van der Waals surface area contributed by atoms with E-state index in [2.05, 4.69) is 4.98 Å². The van der Waals surface area contributed by atoms with Crippen LogP contribution in [0, 0.1) is 5.82 Å². The minimum absolute atomic E-state index is 0.0939. The lowest BCUT2D eigenvalue weighted by molar-refractivity contribution is 0.391. The second-order valence-corrected chi connectivity index (χ2v) is 8.69. The zero-order valence-electron chi connectivity index (χ0n) is 12.9. The molecule has 0 unspecified atom stereocenters. The second kappa shape index (κ2) is 5.99. The van der Waals surface area contributed by atoms with E-state index >= 15 is 0 Å². The third-order valence-electron chi connectivity index (χ3n) is 4.43. The van der Waals surface area contributed by atoms with Gasteiger partial charge < -0.3 is 4.98 Å². The molecule has 0 saturated heterocycles. The highest BCUT2D eigenvalue weighted by Crippen LogP contribution is 2.32. The van der Waals surface area contributed by atoms with Crippen LogP contribution in [0.1, 0.15) is 11.3 Å². The number of benzene rings is 2. The molecule has 8 heteroatoms. The lowest BCUT2D eigenvalue weighted by atomic mass is 10.1. The van der Waals surface area contributed by atoms with E-state index < -0.39 is 10.0 Å². The van der Waals surface area contributed by atoms with Crippen LogP contribution in [0.25, 0.3) is 10.9 Å². The Hall–Kier alpha value is -1.60. The number of sulfonamides is 1. The van der Waals surface area contributed by atoms with Gasteiger partial charge in [-0.15, -0.1) is 0 Å². The topological polar surface area (TPSA) is 53.2 Å². The first-order valence-corrected chi connectivity index (χ1v) is 9.80. The molecule has 0 spiro atoms. The highest BCUT2D eigenvalue weighted by Gasteiger charge is 2.30. The van der Waals surface area contributed by atoms with Crippen molar-refractivity contribution in [3.8, 4) is 0 Å². The summed E-state index contributed by atoms with van der Waals surface area (Å²) in [5.74, 6) is -0.348. The SMILES string of the molecule is O=S(=O)(c1ccc(Cl)c(Cl)c1)N1CCc2[nH]c3ccc(F)cc3c2C1. The number of nitrogens with zero attached hydrogens (tertiary/aromatic N) is 1. The number of H-pyrrole nitrogens is 1. The van der Waals surface area contributed by atoms with E-state index in [1.807, 2.05) is 0 Å². The second-order valence-electron chi connectivity index (χ2n) is 5.94. The molecule has 1 aliphatic heterocycles. The molecule has 0 fully saturated rings. The zero-order valence-corrected chi connectivity index (χ0v) is 15.2. The summed E-state index contributed by atoms with van der Waals surface area (Å²) in [7, 11) is -3.72. The van der Waals surface area contributed by atoms with Gasteiger partial charge in [0.25, 0.3) is 0 Å². The average molecular weight is 399 g/mol. The Morgan fingerprint density at radius 1 is 1.08 bits per heavy atom. The van der Waals surface area contributed by atoms with Crippen molar-refractivity contribution in [2.24, 2.45) is 0 Å². The van der Waals surface area contributed by atoms with E-state index in [1.54, 1.807) is 6.07 Å². The average Bonchev–Trinajstić information content (AvgIpc) is 2.94. The summed E-state index contributed by atoms with van der Waals surface area (Å²) < 4.78 is 40.8. The molecule has 4 nitrogen and oxygen atoms in total. The zero-order chi connectivity index (χ0) is 17.8. The molecule has 0 saturated carbocycles. The Labute approximate surface area is 154 Å². The number of hydrogen-bond acceptors (Lipinski definition) is 2. The predicted octanol–water partition coefficient (Wildman–Crippen LogP) is 4.36. The van der Waals surface area contributed by atoms with Crippen LogP contribution in [-0.2, 0) is 23.0 Å². The predicted molar refractivity (Wildman–Crippen MR) is 96.0 cm³/mol. The fourth-order valence-corrected chi connectivity index (χ4v) is 4.95. The first-order chi connectivity index (χ1) is 11.9. The van der Waals surface area contributed by atoms with Crippen LogP contribution in [0.2, 0.25) is 10.0 Å². The monoisotopic (exact) mass is 398 g/mol. The number of hydrogen-bond donors (Lipinski definition) is 1. The van der Waals surface area contributed by atoms with Crippen molar-refractivity contribution in [1.82, 2.24) is 9.29 Å². The molecule has 3 aromatic rings. The first kappa shape index (κ1) is 16.8. The van der Waals surface area contributed by atoms with Crippen LogP contribution in [-0.4, -0.2) is 24.3 Å². The van der Waals surface area contributed by atoms with Crippen molar-refractivity contribution < 1.29 is 12.8 Å². The summed E-state index contributed by atoms with van der Waals surface area (Å²) >= 11 is 11.8. The summed E-state index contributed by atoms with van der Waals surface area (Å²) in [5, 5.41) is 1.20. The van der Waals surface area contributed by atoms with Crippen molar-refractivity contribution >= 4 is 44.1 Å². The molecule has 25 heavy (non-hydrogen) atoms. The highest BCUT2D eigenvalue weighted by molar-refractivity contribution is 7.89. The number of aromatic nitrogens is 1. The molecular weight excluding hydrogens is 386 g/mol. The minimum Gasteiger partial charge on any atom is -0.358 e. The summed E-state index contributed by atoms with van der Waals surface area (Å²) in [6.07, 6.45) is 0.534. The third kappa shape index (κ3) is 2.83. The fourth-order valence-electron chi connectivity index (χ4n) is 3.15. The number of rotatable bonds is 2. The maximum atomic E-state index is 13.6. The molecule has 0 bridgehead atoms. The summed E-state index contributed by atoms with van der Waals surface area (Å²) in [4.78, 5) is 3.34. The van der Waals surface area contributed by atoms with Gasteiger partial charge in [0.15, 0.2) is 0 Å². The van der Waals surface area contributed by atoms with E-state index in [9.17, 15) is 12.8 Å². The van der Waals surface area contributed by atoms with Crippen molar-refractivity contribution in [2.75, 3.05) is 6.54 Å². The molecule has 130 valence electrons. The quantitative estimate of drug-likeness (QED) is 0.696. The molecule has 2 heterocycles. The largest absolute Gasteiger partial charge is 0.358 e. The highest BCUT2D eigenvalue weighted by atomic mass is 35.5. The number of nitrogens with one attached hydrogen (secondary N) is 1. The Balaban J connectivity index is 1.75. The normalized spacial score (nSPS) is 15.5. The van der Waals surface area contributed by atoms with Gasteiger partial charge in [-0.1, -0.05) is 23.2 Å². The van der Waals surface area contributed by atoms with E-state index in [0.717, 1.165) is 16.8 Å².